The average molecular weight is 437 g/mol. The van der Waals surface area contributed by atoms with Crippen LogP contribution in [0.25, 0.3) is 10.4 Å². The number of nitrogens with zero attached hydrogens (tertiary/aromatic N) is 2. The summed E-state index contributed by atoms with van der Waals surface area (Å²) in [5.74, 6) is 0. The molecule has 1 aromatic heterocycles. The summed E-state index contributed by atoms with van der Waals surface area (Å²) in [5.41, 5.74) is 3.13. The Morgan fingerprint density at radius 1 is 1.19 bits per heavy atom. The van der Waals surface area contributed by atoms with Crippen molar-refractivity contribution in [1.82, 2.24) is 9.88 Å². The van der Waals surface area contributed by atoms with Crippen molar-refractivity contribution >= 4 is 17.4 Å². The minimum Gasteiger partial charge on any atom is -0.438 e. The lowest BCUT2D eigenvalue weighted by molar-refractivity contribution is -0.101. The summed E-state index contributed by atoms with van der Waals surface area (Å²) in [6, 6.07) is 17.9. The number of rotatable bonds is 6. The summed E-state index contributed by atoms with van der Waals surface area (Å²) in [5, 5.41) is 10.5. The van der Waals surface area contributed by atoms with Crippen molar-refractivity contribution in [3.8, 4) is 10.4 Å². The van der Waals surface area contributed by atoms with Crippen molar-refractivity contribution in [3.63, 3.8) is 0 Å². The molecule has 6 heteroatoms. The maximum absolute atomic E-state index is 13.2. The summed E-state index contributed by atoms with van der Waals surface area (Å²) in [7, 11) is 0. The second kappa shape index (κ2) is 8.44. The lowest BCUT2D eigenvalue weighted by Gasteiger charge is -2.45. The van der Waals surface area contributed by atoms with Crippen LogP contribution >= 0.6 is 11.3 Å². The van der Waals surface area contributed by atoms with Gasteiger partial charge in [0.1, 0.15) is 5.60 Å². The maximum atomic E-state index is 13.2. The van der Waals surface area contributed by atoms with Crippen molar-refractivity contribution in [1.29, 1.82) is 0 Å². The molecular weight excluding hydrogens is 408 g/mol. The summed E-state index contributed by atoms with van der Waals surface area (Å²) < 4.78 is 6.09. The smallest absolute Gasteiger partial charge is 0.411 e. The molecule has 31 heavy (non-hydrogen) atoms. The maximum Gasteiger partial charge on any atom is 0.411 e. The van der Waals surface area contributed by atoms with E-state index in [0.717, 1.165) is 21.6 Å². The molecule has 0 bridgehead atoms. The van der Waals surface area contributed by atoms with Gasteiger partial charge in [-0.3, -0.25) is 4.98 Å². The van der Waals surface area contributed by atoms with Crippen LogP contribution in [0.15, 0.2) is 66.3 Å². The molecule has 4 rings (SSSR count). The fourth-order valence-corrected chi connectivity index (χ4v) is 4.98. The summed E-state index contributed by atoms with van der Waals surface area (Å²) in [6.45, 7) is 6.09. The van der Waals surface area contributed by atoms with Crippen LogP contribution in [0.3, 0.4) is 0 Å². The van der Waals surface area contributed by atoms with E-state index < -0.39 is 11.2 Å². The average Bonchev–Trinajstić information content (AvgIpc) is 3.28. The zero-order valence-electron chi connectivity index (χ0n) is 18.1. The van der Waals surface area contributed by atoms with Gasteiger partial charge < -0.3 is 14.7 Å². The van der Waals surface area contributed by atoms with Gasteiger partial charge in [-0.05, 0) is 37.5 Å². The normalized spacial score (nSPS) is 20.4. The first-order valence-electron chi connectivity index (χ1n) is 10.5. The monoisotopic (exact) mass is 436 g/mol. The molecule has 0 spiro atoms. The summed E-state index contributed by atoms with van der Waals surface area (Å²) >= 11 is 1.60. The molecule has 1 N–H and O–H groups in total. The molecule has 1 saturated heterocycles. The molecule has 2 atom stereocenters. The molecule has 3 aromatic rings. The van der Waals surface area contributed by atoms with E-state index in [-0.39, 0.29) is 12.1 Å². The minimum atomic E-state index is -0.962. The fourth-order valence-electron chi connectivity index (χ4n) is 4.36. The van der Waals surface area contributed by atoms with Crippen LogP contribution in [0.4, 0.5) is 4.79 Å². The van der Waals surface area contributed by atoms with Crippen LogP contribution in [0.5, 0.6) is 0 Å². The second-order valence-corrected chi connectivity index (χ2v) is 9.71. The van der Waals surface area contributed by atoms with Crippen LogP contribution in [-0.4, -0.2) is 33.2 Å². The summed E-state index contributed by atoms with van der Waals surface area (Å²) in [4.78, 5) is 20.2. The van der Waals surface area contributed by atoms with Gasteiger partial charge in [0, 0.05) is 25.6 Å². The second-order valence-electron chi connectivity index (χ2n) is 8.82. The molecule has 1 amide bonds. The standard InChI is InChI=1S/C25H28N2O3S/c1-18(19-9-11-20(12-10-19)22-15-26-17-31-22)27-14-13-25(30-23(27)28,16-24(2,3)29)21-7-5-4-6-8-21/h4-12,15,17-18,29H,13-14,16H2,1-3H3. The van der Waals surface area contributed by atoms with Gasteiger partial charge in [-0.2, -0.15) is 0 Å². The van der Waals surface area contributed by atoms with Crippen LogP contribution in [0.1, 0.15) is 50.8 Å². The van der Waals surface area contributed by atoms with Gasteiger partial charge in [-0.1, -0.05) is 54.6 Å². The molecule has 0 saturated carbocycles. The SMILES string of the molecule is CC(c1ccc(-c2cncs2)cc1)N1CCC(CC(C)(C)O)(c2ccccc2)OC1=O. The molecule has 1 fully saturated rings. The predicted molar refractivity (Wildman–Crippen MR) is 123 cm³/mol. The van der Waals surface area contributed by atoms with Crippen LogP contribution < -0.4 is 0 Å². The Hall–Kier alpha value is -2.70. The quantitative estimate of drug-likeness (QED) is 0.533. The molecule has 162 valence electrons. The molecule has 2 heterocycles. The number of ether oxygens (including phenoxy) is 1. The highest BCUT2D eigenvalue weighted by atomic mass is 32.1. The highest BCUT2D eigenvalue weighted by Crippen LogP contribution is 2.42. The number of carbonyl (C=O) groups excluding carboxylic acids is 1. The number of carbonyl (C=O) groups is 1. The van der Waals surface area contributed by atoms with E-state index in [1.807, 2.05) is 49.0 Å². The lowest BCUT2D eigenvalue weighted by atomic mass is 9.80. The van der Waals surface area contributed by atoms with Gasteiger partial charge in [0.25, 0.3) is 0 Å². The zero-order chi connectivity index (χ0) is 22.1. The minimum absolute atomic E-state index is 0.112. The number of aliphatic hydroxyl groups is 1. The predicted octanol–water partition coefficient (Wildman–Crippen LogP) is 5.77. The van der Waals surface area contributed by atoms with Gasteiger partial charge in [0.2, 0.25) is 0 Å². The Bertz CT molecular complexity index is 1010. The van der Waals surface area contributed by atoms with Crippen molar-refractivity contribution in [2.24, 2.45) is 0 Å². The first kappa shape index (κ1) is 21.5. The van der Waals surface area contributed by atoms with E-state index in [1.54, 1.807) is 30.1 Å². The Morgan fingerprint density at radius 2 is 1.90 bits per heavy atom. The highest BCUT2D eigenvalue weighted by Gasteiger charge is 2.46. The van der Waals surface area contributed by atoms with Crippen molar-refractivity contribution in [2.45, 2.75) is 50.9 Å². The molecule has 0 aliphatic carbocycles. The van der Waals surface area contributed by atoms with Gasteiger partial charge in [-0.25, -0.2) is 4.79 Å². The largest absolute Gasteiger partial charge is 0.438 e. The van der Waals surface area contributed by atoms with Crippen LogP contribution in [0, 0.1) is 0 Å². The third-order valence-corrected chi connectivity index (χ3v) is 6.69. The van der Waals surface area contributed by atoms with E-state index >= 15 is 0 Å². The number of aromatic nitrogens is 1. The Kier molecular flexibility index (Phi) is 5.86. The van der Waals surface area contributed by atoms with Gasteiger partial charge in [0.05, 0.1) is 22.0 Å². The van der Waals surface area contributed by atoms with E-state index in [4.69, 9.17) is 4.74 Å². The molecule has 1 aliphatic heterocycles. The van der Waals surface area contributed by atoms with Crippen molar-refractivity contribution in [2.75, 3.05) is 6.54 Å². The van der Waals surface area contributed by atoms with Gasteiger partial charge >= 0.3 is 6.09 Å². The van der Waals surface area contributed by atoms with E-state index in [9.17, 15) is 9.90 Å². The van der Waals surface area contributed by atoms with E-state index in [1.165, 1.54) is 0 Å². The third kappa shape index (κ3) is 4.65. The molecule has 1 aliphatic rings. The number of hydrogen-bond donors (Lipinski definition) is 1. The number of amides is 1. The van der Waals surface area contributed by atoms with Gasteiger partial charge in [-0.15, -0.1) is 11.3 Å². The summed E-state index contributed by atoms with van der Waals surface area (Å²) in [6.07, 6.45) is 2.48. The number of hydrogen-bond acceptors (Lipinski definition) is 5. The number of cyclic esters (lactones) is 1. The molecule has 2 aromatic carbocycles. The van der Waals surface area contributed by atoms with Gasteiger partial charge in [0.15, 0.2) is 0 Å². The van der Waals surface area contributed by atoms with Crippen LogP contribution in [0.2, 0.25) is 0 Å². The molecular formula is C25H28N2O3S. The Balaban J connectivity index is 1.54. The number of thiazole rings is 1. The third-order valence-electron chi connectivity index (χ3n) is 5.87. The topological polar surface area (TPSA) is 62.7 Å². The van der Waals surface area contributed by atoms with Crippen molar-refractivity contribution < 1.29 is 14.6 Å². The zero-order valence-corrected chi connectivity index (χ0v) is 18.9. The first-order chi connectivity index (χ1) is 14.8. The van der Waals surface area contributed by atoms with E-state index in [2.05, 4.69) is 29.2 Å². The Morgan fingerprint density at radius 3 is 2.48 bits per heavy atom. The highest BCUT2D eigenvalue weighted by molar-refractivity contribution is 7.13. The molecule has 2 unspecified atom stereocenters. The number of benzene rings is 2. The lowest BCUT2D eigenvalue weighted by Crippen LogP contribution is -2.51. The first-order valence-corrected chi connectivity index (χ1v) is 11.4. The molecule has 0 radical (unpaired) electrons. The Labute approximate surface area is 187 Å². The molecule has 5 nitrogen and oxygen atoms in total. The van der Waals surface area contributed by atoms with E-state index in [0.29, 0.717) is 19.4 Å². The van der Waals surface area contributed by atoms with Crippen LogP contribution in [-0.2, 0) is 10.3 Å². The fraction of sp³-hybridized carbons (Fsp3) is 0.360. The van der Waals surface area contributed by atoms with Crippen molar-refractivity contribution in [3.05, 3.63) is 77.4 Å².